The number of hydrogen-bond donors (Lipinski definition) is 1. The first-order chi connectivity index (χ1) is 12.4. The normalized spacial score (nSPS) is 14.2. The van der Waals surface area contributed by atoms with Crippen molar-refractivity contribution in [2.45, 2.75) is 26.1 Å². The van der Waals surface area contributed by atoms with Crippen molar-refractivity contribution in [3.05, 3.63) is 57.7 Å². The fourth-order valence-electron chi connectivity index (χ4n) is 2.89. The molecule has 0 saturated carbocycles. The van der Waals surface area contributed by atoms with Crippen LogP contribution in [0.3, 0.4) is 0 Å². The van der Waals surface area contributed by atoms with Crippen LogP contribution in [0.1, 0.15) is 28.5 Å². The van der Waals surface area contributed by atoms with Gasteiger partial charge in [0.15, 0.2) is 0 Å². The maximum atomic E-state index is 12.6. The van der Waals surface area contributed by atoms with Gasteiger partial charge < -0.3 is 15.1 Å². The molecular formula is C19H21BrN4O2. The minimum Gasteiger partial charge on any atom is -0.363 e. The minimum absolute atomic E-state index is 0.114. The lowest BCUT2D eigenvalue weighted by Crippen LogP contribution is -2.45. The molecule has 1 aromatic carbocycles. The van der Waals surface area contributed by atoms with Crippen LogP contribution in [-0.4, -0.2) is 41.8 Å². The standard InChI is InChI=1S/C19H21BrN4O2/c1-12(24-11-13-7-8-14(20)9-16(13)19(24)26)18(25)21-10-15-5-4-6-17(22-15)23(2)3/h4-9,12H,10-11H2,1-3H3,(H,21,25). The van der Waals surface area contributed by atoms with Crippen LogP contribution in [0.4, 0.5) is 5.82 Å². The lowest BCUT2D eigenvalue weighted by Gasteiger charge is -2.23. The lowest BCUT2D eigenvalue weighted by molar-refractivity contribution is -0.125. The molecule has 0 fully saturated rings. The first kappa shape index (κ1) is 18.4. The van der Waals surface area contributed by atoms with Crippen molar-refractivity contribution in [1.82, 2.24) is 15.2 Å². The van der Waals surface area contributed by atoms with Crippen molar-refractivity contribution in [2.24, 2.45) is 0 Å². The van der Waals surface area contributed by atoms with Crippen molar-refractivity contribution < 1.29 is 9.59 Å². The lowest BCUT2D eigenvalue weighted by atomic mass is 10.1. The van der Waals surface area contributed by atoms with Gasteiger partial charge in [0.1, 0.15) is 11.9 Å². The molecule has 7 heteroatoms. The molecular weight excluding hydrogens is 396 g/mol. The van der Waals surface area contributed by atoms with Crippen molar-refractivity contribution >= 4 is 33.6 Å². The fourth-order valence-corrected chi connectivity index (χ4v) is 3.25. The topological polar surface area (TPSA) is 65.5 Å². The molecule has 0 bridgehead atoms. The maximum Gasteiger partial charge on any atom is 0.255 e. The monoisotopic (exact) mass is 416 g/mol. The minimum atomic E-state index is -0.550. The molecule has 1 atom stereocenters. The van der Waals surface area contributed by atoms with E-state index in [9.17, 15) is 9.59 Å². The van der Waals surface area contributed by atoms with Gasteiger partial charge in [0.05, 0.1) is 12.2 Å². The third-order valence-corrected chi connectivity index (χ3v) is 4.94. The molecule has 0 saturated heterocycles. The van der Waals surface area contributed by atoms with E-state index in [0.29, 0.717) is 18.7 Å². The maximum absolute atomic E-state index is 12.6. The highest BCUT2D eigenvalue weighted by atomic mass is 79.9. The number of pyridine rings is 1. The first-order valence-electron chi connectivity index (χ1n) is 8.37. The summed E-state index contributed by atoms with van der Waals surface area (Å²) in [5.74, 6) is 0.527. The molecule has 1 unspecified atom stereocenters. The Balaban J connectivity index is 1.64. The van der Waals surface area contributed by atoms with E-state index in [1.54, 1.807) is 17.9 Å². The Labute approximate surface area is 161 Å². The number of amides is 2. The summed E-state index contributed by atoms with van der Waals surface area (Å²) in [7, 11) is 3.84. The van der Waals surface area contributed by atoms with Gasteiger partial charge in [0, 0.05) is 30.7 Å². The number of carbonyl (C=O) groups excluding carboxylic acids is 2. The van der Waals surface area contributed by atoms with E-state index in [1.165, 1.54) is 0 Å². The van der Waals surface area contributed by atoms with E-state index in [1.807, 2.05) is 49.3 Å². The summed E-state index contributed by atoms with van der Waals surface area (Å²) in [6.45, 7) is 2.52. The zero-order chi connectivity index (χ0) is 18.8. The summed E-state index contributed by atoms with van der Waals surface area (Å²) >= 11 is 3.38. The highest BCUT2D eigenvalue weighted by molar-refractivity contribution is 9.10. The number of hydrogen-bond acceptors (Lipinski definition) is 4. The Morgan fingerprint density at radius 2 is 2.12 bits per heavy atom. The average Bonchev–Trinajstić information content (AvgIpc) is 2.95. The van der Waals surface area contributed by atoms with Gasteiger partial charge in [-0.15, -0.1) is 0 Å². The van der Waals surface area contributed by atoms with Crippen LogP contribution in [0.2, 0.25) is 0 Å². The van der Waals surface area contributed by atoms with E-state index >= 15 is 0 Å². The molecule has 1 aliphatic rings. The summed E-state index contributed by atoms with van der Waals surface area (Å²) in [5, 5.41) is 2.88. The third kappa shape index (κ3) is 3.72. The predicted molar refractivity (Wildman–Crippen MR) is 104 cm³/mol. The number of nitrogens with zero attached hydrogens (tertiary/aromatic N) is 3. The van der Waals surface area contributed by atoms with Crippen LogP contribution >= 0.6 is 15.9 Å². The van der Waals surface area contributed by atoms with Gasteiger partial charge in [0.25, 0.3) is 5.91 Å². The molecule has 26 heavy (non-hydrogen) atoms. The number of rotatable bonds is 5. The quantitative estimate of drug-likeness (QED) is 0.813. The number of nitrogens with one attached hydrogen (secondary N) is 1. The highest BCUT2D eigenvalue weighted by Crippen LogP contribution is 2.27. The molecule has 1 aromatic heterocycles. The van der Waals surface area contributed by atoms with Gasteiger partial charge in [-0.05, 0) is 36.8 Å². The van der Waals surface area contributed by atoms with Crippen molar-refractivity contribution in [2.75, 3.05) is 19.0 Å². The smallest absolute Gasteiger partial charge is 0.255 e. The van der Waals surface area contributed by atoms with Gasteiger partial charge >= 0.3 is 0 Å². The second-order valence-corrected chi connectivity index (χ2v) is 7.43. The Kier molecular flexibility index (Phi) is 5.27. The summed E-state index contributed by atoms with van der Waals surface area (Å²) in [6.07, 6.45) is 0. The largest absolute Gasteiger partial charge is 0.363 e. The van der Waals surface area contributed by atoms with Crippen LogP contribution in [0.5, 0.6) is 0 Å². The van der Waals surface area contributed by atoms with Crippen LogP contribution in [0.25, 0.3) is 0 Å². The Morgan fingerprint density at radius 3 is 2.85 bits per heavy atom. The molecule has 0 radical (unpaired) electrons. The molecule has 2 amide bonds. The van der Waals surface area contributed by atoms with Crippen LogP contribution in [0, 0.1) is 0 Å². The SMILES string of the molecule is CC(C(=O)NCc1cccc(N(C)C)n1)N1Cc2ccc(Br)cc2C1=O. The van der Waals surface area contributed by atoms with Crippen LogP contribution in [-0.2, 0) is 17.9 Å². The van der Waals surface area contributed by atoms with Crippen LogP contribution in [0.15, 0.2) is 40.9 Å². The third-order valence-electron chi connectivity index (χ3n) is 4.44. The van der Waals surface area contributed by atoms with Gasteiger partial charge in [-0.25, -0.2) is 4.98 Å². The number of anilines is 1. The first-order valence-corrected chi connectivity index (χ1v) is 9.16. The van der Waals surface area contributed by atoms with Crippen LogP contribution < -0.4 is 10.2 Å². The van der Waals surface area contributed by atoms with Gasteiger partial charge in [0.2, 0.25) is 5.91 Å². The van der Waals surface area contributed by atoms with Crippen molar-refractivity contribution in [3.8, 4) is 0 Å². The molecule has 2 heterocycles. The van der Waals surface area contributed by atoms with Crippen molar-refractivity contribution in [1.29, 1.82) is 0 Å². The zero-order valence-corrected chi connectivity index (χ0v) is 16.6. The number of halogens is 1. The van der Waals surface area contributed by atoms with E-state index in [2.05, 4.69) is 26.2 Å². The summed E-state index contributed by atoms with van der Waals surface area (Å²) < 4.78 is 0.857. The zero-order valence-electron chi connectivity index (χ0n) is 15.0. The molecule has 1 N–H and O–H groups in total. The number of carbonyl (C=O) groups is 2. The molecule has 136 valence electrons. The molecule has 3 rings (SSSR count). The van der Waals surface area contributed by atoms with Gasteiger partial charge in [-0.1, -0.05) is 28.1 Å². The molecule has 6 nitrogen and oxygen atoms in total. The highest BCUT2D eigenvalue weighted by Gasteiger charge is 2.33. The Morgan fingerprint density at radius 1 is 1.35 bits per heavy atom. The number of aromatic nitrogens is 1. The Bertz CT molecular complexity index is 853. The average molecular weight is 417 g/mol. The van der Waals surface area contributed by atoms with Gasteiger partial charge in [-0.3, -0.25) is 9.59 Å². The second-order valence-electron chi connectivity index (χ2n) is 6.51. The molecule has 2 aromatic rings. The Hall–Kier alpha value is -2.41. The summed E-state index contributed by atoms with van der Waals surface area (Å²) in [4.78, 5) is 33.1. The summed E-state index contributed by atoms with van der Waals surface area (Å²) in [5.41, 5.74) is 2.37. The number of fused-ring (bicyclic) bond motifs is 1. The van der Waals surface area contributed by atoms with E-state index in [4.69, 9.17) is 0 Å². The molecule has 1 aliphatic heterocycles. The van der Waals surface area contributed by atoms with Crippen molar-refractivity contribution in [3.63, 3.8) is 0 Å². The van der Waals surface area contributed by atoms with E-state index in [-0.39, 0.29) is 11.8 Å². The second kappa shape index (κ2) is 7.45. The molecule has 0 aliphatic carbocycles. The molecule has 0 spiro atoms. The fraction of sp³-hybridized carbons (Fsp3) is 0.316. The van der Waals surface area contributed by atoms with E-state index in [0.717, 1.165) is 21.5 Å². The number of benzene rings is 1. The van der Waals surface area contributed by atoms with Gasteiger partial charge in [-0.2, -0.15) is 0 Å². The predicted octanol–water partition coefficient (Wildman–Crippen LogP) is 2.57. The van der Waals surface area contributed by atoms with E-state index < -0.39 is 6.04 Å². The summed E-state index contributed by atoms with van der Waals surface area (Å²) in [6, 6.07) is 10.8.